The van der Waals surface area contributed by atoms with E-state index in [1.807, 2.05) is 49.4 Å². The summed E-state index contributed by atoms with van der Waals surface area (Å²) in [5.74, 6) is 0.126. The van der Waals surface area contributed by atoms with E-state index in [9.17, 15) is 4.79 Å². The van der Waals surface area contributed by atoms with Gasteiger partial charge in [-0.1, -0.05) is 29.8 Å². The lowest BCUT2D eigenvalue weighted by Crippen LogP contribution is -2.38. The highest BCUT2D eigenvalue weighted by Gasteiger charge is 2.25. The third-order valence-electron chi connectivity index (χ3n) is 5.30. The van der Waals surface area contributed by atoms with Gasteiger partial charge in [-0.15, -0.1) is 0 Å². The smallest absolute Gasteiger partial charge is 0.227 e. The number of anilines is 2. The van der Waals surface area contributed by atoms with E-state index in [2.05, 4.69) is 21.3 Å². The van der Waals surface area contributed by atoms with E-state index in [0.29, 0.717) is 0 Å². The minimum atomic E-state index is 0.0265. The molecule has 1 aromatic heterocycles. The fraction of sp³-hybridized carbons (Fsp3) is 0.273. The number of carbonyl (C=O) groups excluding carboxylic acids is 1. The molecule has 4 rings (SSSR count). The zero-order chi connectivity index (χ0) is 18.8. The van der Waals surface area contributed by atoms with Crippen LogP contribution in [0.3, 0.4) is 0 Å². The summed E-state index contributed by atoms with van der Waals surface area (Å²) in [6.07, 6.45) is 3.46. The molecule has 1 amide bonds. The van der Waals surface area contributed by atoms with Crippen LogP contribution in [0.4, 0.5) is 11.4 Å². The second-order valence-corrected chi connectivity index (χ2v) is 7.46. The molecule has 2 aromatic carbocycles. The van der Waals surface area contributed by atoms with E-state index < -0.39 is 0 Å². The first kappa shape index (κ1) is 17.8. The minimum absolute atomic E-state index is 0.0265. The Morgan fingerprint density at radius 3 is 2.67 bits per heavy atom. The molecule has 1 saturated heterocycles. The number of hydrogen-bond acceptors (Lipinski definition) is 3. The van der Waals surface area contributed by atoms with E-state index >= 15 is 0 Å². The molecule has 0 radical (unpaired) electrons. The van der Waals surface area contributed by atoms with E-state index in [0.717, 1.165) is 58.8 Å². The largest absolute Gasteiger partial charge is 0.371 e. The zero-order valence-electron chi connectivity index (χ0n) is 15.3. The molecule has 27 heavy (non-hydrogen) atoms. The summed E-state index contributed by atoms with van der Waals surface area (Å²) in [4.78, 5) is 19.5. The molecule has 5 heteroatoms. The van der Waals surface area contributed by atoms with Crippen LogP contribution in [0.2, 0.25) is 5.02 Å². The fourth-order valence-corrected chi connectivity index (χ4v) is 3.95. The second-order valence-electron chi connectivity index (χ2n) is 7.03. The standard InChI is InChI=1S/C22H22ClN3O/c1-15-19-6-3-7-21(20(19)8-11-24-15)25-22(27)16-9-12-26(13-10-16)18-5-2-4-17(23)14-18/h2-8,11,14,16H,9-10,12-13H2,1H3,(H,25,27). The van der Waals surface area contributed by atoms with Crippen molar-refractivity contribution in [3.8, 4) is 0 Å². The van der Waals surface area contributed by atoms with Crippen molar-refractivity contribution in [2.75, 3.05) is 23.3 Å². The Morgan fingerprint density at radius 2 is 1.89 bits per heavy atom. The molecule has 1 fully saturated rings. The summed E-state index contributed by atoms with van der Waals surface area (Å²) >= 11 is 6.10. The summed E-state index contributed by atoms with van der Waals surface area (Å²) in [6, 6.07) is 15.8. The lowest BCUT2D eigenvalue weighted by Gasteiger charge is -2.33. The Bertz CT molecular complexity index is 980. The van der Waals surface area contributed by atoms with Crippen LogP contribution in [0.5, 0.6) is 0 Å². The molecule has 1 N–H and O–H groups in total. The third-order valence-corrected chi connectivity index (χ3v) is 5.54. The number of fused-ring (bicyclic) bond motifs is 1. The number of nitrogens with one attached hydrogen (secondary N) is 1. The van der Waals surface area contributed by atoms with Crippen molar-refractivity contribution in [2.24, 2.45) is 5.92 Å². The third kappa shape index (κ3) is 3.76. The molecule has 1 aliphatic heterocycles. The topological polar surface area (TPSA) is 45.2 Å². The molecule has 0 spiro atoms. The number of halogens is 1. The van der Waals surface area contributed by atoms with Crippen LogP contribution in [0.25, 0.3) is 10.8 Å². The average Bonchev–Trinajstić information content (AvgIpc) is 2.69. The first-order valence-corrected chi connectivity index (χ1v) is 9.65. The van der Waals surface area contributed by atoms with Crippen molar-refractivity contribution in [3.63, 3.8) is 0 Å². The summed E-state index contributed by atoms with van der Waals surface area (Å²) < 4.78 is 0. The van der Waals surface area contributed by atoms with Crippen LogP contribution in [-0.4, -0.2) is 24.0 Å². The van der Waals surface area contributed by atoms with Gasteiger partial charge in [-0.2, -0.15) is 0 Å². The molecular weight excluding hydrogens is 358 g/mol. The van der Waals surface area contributed by atoms with Crippen molar-refractivity contribution in [3.05, 3.63) is 65.4 Å². The minimum Gasteiger partial charge on any atom is -0.371 e. The molecule has 138 valence electrons. The summed E-state index contributed by atoms with van der Waals surface area (Å²) in [5.41, 5.74) is 2.96. The predicted molar refractivity (Wildman–Crippen MR) is 111 cm³/mol. The maximum absolute atomic E-state index is 12.8. The van der Waals surface area contributed by atoms with Crippen LogP contribution >= 0.6 is 11.6 Å². The van der Waals surface area contributed by atoms with E-state index in [1.54, 1.807) is 6.20 Å². The average molecular weight is 380 g/mol. The first-order valence-electron chi connectivity index (χ1n) is 9.27. The van der Waals surface area contributed by atoms with Crippen LogP contribution in [-0.2, 0) is 4.79 Å². The van der Waals surface area contributed by atoms with Crippen LogP contribution in [0.15, 0.2) is 54.7 Å². The number of amides is 1. The number of piperidine rings is 1. The van der Waals surface area contributed by atoms with Gasteiger partial charge in [0.1, 0.15) is 0 Å². The lowest BCUT2D eigenvalue weighted by atomic mass is 9.95. The van der Waals surface area contributed by atoms with Crippen LogP contribution in [0.1, 0.15) is 18.5 Å². The zero-order valence-corrected chi connectivity index (χ0v) is 16.0. The fourth-order valence-electron chi connectivity index (χ4n) is 3.77. The van der Waals surface area contributed by atoms with Crippen molar-refractivity contribution < 1.29 is 4.79 Å². The predicted octanol–water partition coefficient (Wildman–Crippen LogP) is 5.05. The normalized spacial score (nSPS) is 15.1. The number of benzene rings is 2. The molecule has 2 heterocycles. The Labute approximate surface area is 164 Å². The highest BCUT2D eigenvalue weighted by Crippen LogP contribution is 2.28. The number of carbonyl (C=O) groups is 1. The van der Waals surface area contributed by atoms with Gasteiger partial charge in [0.05, 0.1) is 0 Å². The lowest BCUT2D eigenvalue weighted by molar-refractivity contribution is -0.120. The van der Waals surface area contributed by atoms with Crippen LogP contribution < -0.4 is 10.2 Å². The van der Waals surface area contributed by atoms with Crippen molar-refractivity contribution in [2.45, 2.75) is 19.8 Å². The summed E-state index contributed by atoms with van der Waals surface area (Å²) in [7, 11) is 0. The van der Waals surface area contributed by atoms with E-state index in [1.165, 1.54) is 0 Å². The SMILES string of the molecule is Cc1nccc2c(NC(=O)C3CCN(c4cccc(Cl)c4)CC3)cccc12. The number of nitrogens with zero attached hydrogens (tertiary/aromatic N) is 2. The highest BCUT2D eigenvalue weighted by atomic mass is 35.5. The van der Waals surface area contributed by atoms with Gasteiger partial charge in [0.15, 0.2) is 0 Å². The number of hydrogen-bond donors (Lipinski definition) is 1. The van der Waals surface area contributed by atoms with Gasteiger partial charge in [0.25, 0.3) is 0 Å². The van der Waals surface area contributed by atoms with Crippen molar-refractivity contribution >= 4 is 39.7 Å². The molecule has 0 unspecified atom stereocenters. The van der Waals surface area contributed by atoms with Gasteiger partial charge in [0.2, 0.25) is 5.91 Å². The van der Waals surface area contributed by atoms with Gasteiger partial charge in [-0.25, -0.2) is 0 Å². The molecule has 3 aromatic rings. The quantitative estimate of drug-likeness (QED) is 0.692. The molecule has 0 bridgehead atoms. The molecular formula is C22H22ClN3O. The molecule has 1 aliphatic rings. The van der Waals surface area contributed by atoms with Crippen LogP contribution in [0, 0.1) is 12.8 Å². The van der Waals surface area contributed by atoms with Crippen molar-refractivity contribution in [1.29, 1.82) is 0 Å². The maximum Gasteiger partial charge on any atom is 0.227 e. The van der Waals surface area contributed by atoms with Gasteiger partial charge in [-0.05, 0) is 50.1 Å². The summed E-state index contributed by atoms with van der Waals surface area (Å²) in [6.45, 7) is 3.70. The number of aryl methyl sites for hydroxylation is 1. The molecule has 0 aliphatic carbocycles. The monoisotopic (exact) mass is 379 g/mol. The molecule has 0 atom stereocenters. The summed E-state index contributed by atoms with van der Waals surface area (Å²) in [5, 5.41) is 5.99. The second kappa shape index (κ2) is 7.57. The number of aromatic nitrogens is 1. The Balaban J connectivity index is 1.44. The van der Waals surface area contributed by atoms with E-state index in [4.69, 9.17) is 11.6 Å². The van der Waals surface area contributed by atoms with Gasteiger partial charge in [0, 0.05) is 58.1 Å². The Kier molecular flexibility index (Phi) is 4.99. The van der Waals surface area contributed by atoms with Gasteiger partial charge < -0.3 is 10.2 Å². The van der Waals surface area contributed by atoms with Gasteiger partial charge in [-0.3, -0.25) is 9.78 Å². The Hall–Kier alpha value is -2.59. The highest BCUT2D eigenvalue weighted by molar-refractivity contribution is 6.30. The van der Waals surface area contributed by atoms with E-state index in [-0.39, 0.29) is 11.8 Å². The molecule has 4 nitrogen and oxygen atoms in total. The molecule has 0 saturated carbocycles. The van der Waals surface area contributed by atoms with Gasteiger partial charge >= 0.3 is 0 Å². The number of rotatable bonds is 3. The first-order chi connectivity index (χ1) is 13.1. The number of pyridine rings is 1. The maximum atomic E-state index is 12.8. The van der Waals surface area contributed by atoms with Crippen molar-refractivity contribution in [1.82, 2.24) is 4.98 Å². The Morgan fingerprint density at radius 1 is 1.11 bits per heavy atom.